The zero-order chi connectivity index (χ0) is 14.8. The summed E-state index contributed by atoms with van der Waals surface area (Å²) in [5.74, 6) is -1.43. The minimum Gasteiger partial charge on any atom is -0.481 e. The van der Waals surface area contributed by atoms with Crippen molar-refractivity contribution in [2.24, 2.45) is 0 Å². The fourth-order valence-corrected chi connectivity index (χ4v) is 2.61. The Morgan fingerprint density at radius 1 is 1.30 bits per heavy atom. The molecule has 0 aliphatic carbocycles. The van der Waals surface area contributed by atoms with E-state index in [-0.39, 0.29) is 13.1 Å². The summed E-state index contributed by atoms with van der Waals surface area (Å²) in [6.07, 6.45) is -4.11. The van der Waals surface area contributed by atoms with E-state index in [4.69, 9.17) is 5.11 Å². The topological polar surface area (TPSA) is 40.5 Å². The molecule has 0 saturated heterocycles. The summed E-state index contributed by atoms with van der Waals surface area (Å²) >= 11 is 0. The summed E-state index contributed by atoms with van der Waals surface area (Å²) in [5.41, 5.74) is 1.90. The number of carbonyl (C=O) groups is 1. The van der Waals surface area contributed by atoms with Crippen LogP contribution in [0.2, 0.25) is 0 Å². The normalized spacial score (nSPS) is 18.1. The highest BCUT2D eigenvalue weighted by molar-refractivity contribution is 5.67. The number of carboxylic acids is 1. The van der Waals surface area contributed by atoms with Crippen LogP contribution in [0.1, 0.15) is 24.0 Å². The first kappa shape index (κ1) is 14.8. The Hall–Kier alpha value is -1.56. The van der Waals surface area contributed by atoms with Gasteiger partial charge in [0.15, 0.2) is 0 Å². The predicted octanol–water partition coefficient (Wildman–Crippen LogP) is 2.84. The first-order valence-corrected chi connectivity index (χ1v) is 6.47. The van der Waals surface area contributed by atoms with Crippen molar-refractivity contribution in [1.29, 1.82) is 0 Å². The highest BCUT2D eigenvalue weighted by Gasteiger charge is 2.45. The zero-order valence-electron chi connectivity index (χ0n) is 10.9. The van der Waals surface area contributed by atoms with Crippen molar-refractivity contribution < 1.29 is 23.1 Å². The number of carboxylic acid groups (broad SMARTS) is 1. The van der Waals surface area contributed by atoms with Crippen LogP contribution in [0.5, 0.6) is 0 Å². The summed E-state index contributed by atoms with van der Waals surface area (Å²) in [4.78, 5) is 11.9. The van der Waals surface area contributed by atoms with Gasteiger partial charge in [-0.05, 0) is 30.5 Å². The van der Waals surface area contributed by atoms with Crippen LogP contribution in [0.4, 0.5) is 13.2 Å². The number of alkyl halides is 3. The van der Waals surface area contributed by atoms with Crippen molar-refractivity contribution in [2.75, 3.05) is 6.54 Å². The summed E-state index contributed by atoms with van der Waals surface area (Å²) < 4.78 is 39.2. The number of aliphatic carboxylic acids is 1. The second kappa shape index (κ2) is 5.83. The number of rotatable bonds is 3. The van der Waals surface area contributed by atoms with E-state index in [0.29, 0.717) is 6.42 Å². The molecule has 1 aliphatic heterocycles. The van der Waals surface area contributed by atoms with E-state index in [2.05, 4.69) is 0 Å². The summed E-state index contributed by atoms with van der Waals surface area (Å²) in [7, 11) is 0. The highest BCUT2D eigenvalue weighted by atomic mass is 19.4. The number of benzene rings is 1. The average Bonchev–Trinajstić information content (AvgIpc) is 2.56. The Kier molecular flexibility index (Phi) is 4.32. The van der Waals surface area contributed by atoms with Gasteiger partial charge in [-0.25, -0.2) is 0 Å². The van der Waals surface area contributed by atoms with E-state index < -0.39 is 24.6 Å². The highest BCUT2D eigenvalue weighted by Crippen LogP contribution is 2.30. The van der Waals surface area contributed by atoms with Gasteiger partial charge in [0.2, 0.25) is 0 Å². The number of hydrogen-bond donors (Lipinski definition) is 1. The van der Waals surface area contributed by atoms with E-state index in [1.165, 1.54) is 4.90 Å². The molecule has 0 spiro atoms. The van der Waals surface area contributed by atoms with Gasteiger partial charge in [-0.1, -0.05) is 24.3 Å². The Balaban J connectivity index is 2.24. The lowest BCUT2D eigenvalue weighted by molar-refractivity contribution is -0.192. The van der Waals surface area contributed by atoms with Crippen molar-refractivity contribution in [3.63, 3.8) is 0 Å². The third kappa shape index (κ3) is 3.50. The van der Waals surface area contributed by atoms with E-state index in [0.717, 1.165) is 17.5 Å². The van der Waals surface area contributed by atoms with Crippen LogP contribution in [-0.2, 0) is 17.8 Å². The molecule has 20 heavy (non-hydrogen) atoms. The SMILES string of the molecule is O=C(O)CC(N1CCCc2ccccc2C1)C(F)(F)F. The van der Waals surface area contributed by atoms with Crippen LogP contribution in [0.25, 0.3) is 0 Å². The predicted molar refractivity (Wildman–Crippen MR) is 67.3 cm³/mol. The first-order valence-electron chi connectivity index (χ1n) is 6.47. The molecule has 0 radical (unpaired) electrons. The monoisotopic (exact) mass is 287 g/mol. The molecule has 1 N–H and O–H groups in total. The Morgan fingerprint density at radius 3 is 2.55 bits per heavy atom. The number of nitrogens with zero attached hydrogens (tertiary/aromatic N) is 1. The standard InChI is InChI=1S/C14H16F3NO2/c15-14(16,17)12(8-13(19)20)18-7-3-6-10-4-1-2-5-11(10)9-18/h1-2,4-5,12H,3,6-9H2,(H,19,20). The molecule has 0 bridgehead atoms. The molecular weight excluding hydrogens is 271 g/mol. The number of fused-ring (bicyclic) bond motifs is 1. The van der Waals surface area contributed by atoms with Crippen LogP contribution in [0.15, 0.2) is 24.3 Å². The van der Waals surface area contributed by atoms with Crippen LogP contribution < -0.4 is 0 Å². The van der Waals surface area contributed by atoms with E-state index in [1.54, 1.807) is 6.07 Å². The van der Waals surface area contributed by atoms with Crippen molar-refractivity contribution >= 4 is 5.97 Å². The van der Waals surface area contributed by atoms with Crippen LogP contribution in [0, 0.1) is 0 Å². The molecular formula is C14H16F3NO2. The molecule has 6 heteroatoms. The van der Waals surface area contributed by atoms with E-state index in [9.17, 15) is 18.0 Å². The summed E-state index contributed by atoms with van der Waals surface area (Å²) in [6, 6.07) is 5.46. The Labute approximate surface area is 115 Å². The number of hydrogen-bond acceptors (Lipinski definition) is 2. The molecule has 0 aromatic heterocycles. The van der Waals surface area contributed by atoms with Gasteiger partial charge in [0.1, 0.15) is 6.04 Å². The lowest BCUT2D eigenvalue weighted by atomic mass is 10.0. The molecule has 1 aliphatic rings. The van der Waals surface area contributed by atoms with Gasteiger partial charge in [0.05, 0.1) is 6.42 Å². The largest absolute Gasteiger partial charge is 0.481 e. The molecule has 1 aromatic carbocycles. The molecule has 2 rings (SSSR count). The van der Waals surface area contributed by atoms with Crippen molar-refractivity contribution in [3.8, 4) is 0 Å². The van der Waals surface area contributed by atoms with Gasteiger partial charge in [-0.2, -0.15) is 13.2 Å². The van der Waals surface area contributed by atoms with Crippen molar-refractivity contribution in [1.82, 2.24) is 4.90 Å². The third-order valence-corrected chi connectivity index (χ3v) is 3.57. The van der Waals surface area contributed by atoms with Gasteiger partial charge in [0.25, 0.3) is 0 Å². The molecule has 0 saturated carbocycles. The lowest BCUT2D eigenvalue weighted by Gasteiger charge is -2.31. The molecule has 110 valence electrons. The van der Waals surface area contributed by atoms with Gasteiger partial charge < -0.3 is 5.11 Å². The lowest BCUT2D eigenvalue weighted by Crippen LogP contribution is -2.46. The first-order chi connectivity index (χ1) is 9.38. The van der Waals surface area contributed by atoms with Crippen LogP contribution in [0.3, 0.4) is 0 Å². The minimum absolute atomic E-state index is 0.146. The second-order valence-electron chi connectivity index (χ2n) is 5.00. The van der Waals surface area contributed by atoms with Crippen molar-refractivity contribution in [2.45, 2.75) is 38.0 Å². The van der Waals surface area contributed by atoms with E-state index in [1.807, 2.05) is 18.2 Å². The third-order valence-electron chi connectivity index (χ3n) is 3.57. The van der Waals surface area contributed by atoms with Crippen LogP contribution >= 0.6 is 0 Å². The molecule has 0 amide bonds. The maximum atomic E-state index is 13.1. The number of aryl methyl sites for hydroxylation is 1. The maximum Gasteiger partial charge on any atom is 0.404 e. The van der Waals surface area contributed by atoms with Crippen molar-refractivity contribution in [3.05, 3.63) is 35.4 Å². The molecule has 1 heterocycles. The van der Waals surface area contributed by atoms with E-state index >= 15 is 0 Å². The van der Waals surface area contributed by atoms with Gasteiger partial charge in [0, 0.05) is 6.54 Å². The molecule has 1 aromatic rings. The molecule has 3 nitrogen and oxygen atoms in total. The quantitative estimate of drug-likeness (QED) is 0.929. The summed E-state index contributed by atoms with van der Waals surface area (Å²) in [5, 5.41) is 8.72. The second-order valence-corrected chi connectivity index (χ2v) is 5.00. The molecule has 1 atom stereocenters. The van der Waals surface area contributed by atoms with Gasteiger partial charge in [-0.3, -0.25) is 9.69 Å². The Bertz CT molecular complexity index is 488. The molecule has 1 unspecified atom stereocenters. The summed E-state index contributed by atoms with van der Waals surface area (Å²) in [6.45, 7) is 0.403. The van der Waals surface area contributed by atoms with Gasteiger partial charge >= 0.3 is 12.1 Å². The average molecular weight is 287 g/mol. The smallest absolute Gasteiger partial charge is 0.404 e. The van der Waals surface area contributed by atoms with Gasteiger partial charge in [-0.15, -0.1) is 0 Å². The maximum absolute atomic E-state index is 13.1. The molecule has 0 fully saturated rings. The fraction of sp³-hybridized carbons (Fsp3) is 0.500. The Morgan fingerprint density at radius 2 is 1.95 bits per heavy atom. The van der Waals surface area contributed by atoms with Crippen LogP contribution in [-0.4, -0.2) is 34.7 Å². The number of halogens is 3. The minimum atomic E-state index is -4.53. The fourth-order valence-electron chi connectivity index (χ4n) is 2.61. The zero-order valence-corrected chi connectivity index (χ0v) is 10.9.